The molecule has 1 aromatic rings. The number of carbonyl (C=O) groups excluding carboxylic acids is 1. The van der Waals surface area contributed by atoms with Crippen LogP contribution in [0.3, 0.4) is 0 Å². The van der Waals surface area contributed by atoms with E-state index in [2.05, 4.69) is 22.2 Å². The predicted octanol–water partition coefficient (Wildman–Crippen LogP) is 1.41. The average molecular weight is 269 g/mol. The quantitative estimate of drug-likeness (QED) is 0.842. The lowest BCUT2D eigenvalue weighted by Crippen LogP contribution is -2.34. The van der Waals surface area contributed by atoms with Gasteiger partial charge in [-0.15, -0.1) is 0 Å². The molecule has 0 spiro atoms. The normalized spacial score (nSPS) is 16.3. The molecule has 1 aromatic heterocycles. The number of anilines is 1. The monoisotopic (exact) mass is 268 g/mol. The maximum atomic E-state index is 11.6. The molecule has 5 nitrogen and oxygen atoms in total. The Morgan fingerprint density at radius 2 is 2.33 bits per heavy atom. The summed E-state index contributed by atoms with van der Waals surface area (Å²) >= 11 is 6.13. The number of nitrogens with zero attached hydrogens (tertiary/aromatic N) is 3. The van der Waals surface area contributed by atoms with E-state index >= 15 is 0 Å². The van der Waals surface area contributed by atoms with Crippen LogP contribution in [0.15, 0.2) is 6.33 Å². The zero-order chi connectivity index (χ0) is 13.0. The Kier molecular flexibility index (Phi) is 4.36. The van der Waals surface area contributed by atoms with Crippen molar-refractivity contribution in [2.45, 2.75) is 26.2 Å². The molecule has 0 radical (unpaired) electrons. The Morgan fingerprint density at radius 1 is 1.50 bits per heavy atom. The number of halogens is 1. The maximum absolute atomic E-state index is 11.6. The van der Waals surface area contributed by atoms with E-state index in [-0.39, 0.29) is 5.91 Å². The lowest BCUT2D eigenvalue weighted by molar-refractivity contribution is -0.119. The van der Waals surface area contributed by atoms with Crippen molar-refractivity contribution >= 4 is 23.3 Å². The van der Waals surface area contributed by atoms with Crippen LogP contribution >= 0.6 is 11.6 Å². The summed E-state index contributed by atoms with van der Waals surface area (Å²) in [6.45, 7) is 3.95. The van der Waals surface area contributed by atoms with Gasteiger partial charge >= 0.3 is 0 Å². The van der Waals surface area contributed by atoms with Gasteiger partial charge in [-0.3, -0.25) is 4.79 Å². The third-order valence-electron chi connectivity index (χ3n) is 2.93. The van der Waals surface area contributed by atoms with Crippen LogP contribution < -0.4 is 10.2 Å². The fourth-order valence-electron chi connectivity index (χ4n) is 2.11. The largest absolute Gasteiger partial charge is 0.354 e. The first-order valence-corrected chi connectivity index (χ1v) is 6.61. The standard InChI is InChI=1S/C12H17ClN4O/c1-2-4-9-11(13)15-8-16-12(9)17-6-3-5-14-10(18)7-17/h8H,2-7H2,1H3,(H,14,18). The summed E-state index contributed by atoms with van der Waals surface area (Å²) in [5, 5.41) is 3.35. The highest BCUT2D eigenvalue weighted by Crippen LogP contribution is 2.25. The van der Waals surface area contributed by atoms with E-state index in [0.29, 0.717) is 11.7 Å². The molecular weight excluding hydrogens is 252 g/mol. The number of rotatable bonds is 3. The molecule has 2 heterocycles. The third-order valence-corrected chi connectivity index (χ3v) is 3.26. The van der Waals surface area contributed by atoms with Crippen LogP contribution in [0.5, 0.6) is 0 Å². The van der Waals surface area contributed by atoms with Crippen molar-refractivity contribution in [3.8, 4) is 0 Å². The smallest absolute Gasteiger partial charge is 0.239 e. The molecule has 98 valence electrons. The molecule has 1 aliphatic heterocycles. The minimum atomic E-state index is 0.0321. The highest BCUT2D eigenvalue weighted by molar-refractivity contribution is 6.30. The highest BCUT2D eigenvalue weighted by Gasteiger charge is 2.20. The van der Waals surface area contributed by atoms with Crippen molar-refractivity contribution < 1.29 is 4.79 Å². The molecule has 18 heavy (non-hydrogen) atoms. The van der Waals surface area contributed by atoms with E-state index in [1.165, 1.54) is 6.33 Å². The van der Waals surface area contributed by atoms with E-state index in [9.17, 15) is 4.79 Å². The molecule has 0 saturated carbocycles. The first kappa shape index (κ1) is 13.1. The molecule has 0 unspecified atom stereocenters. The Labute approximate surface area is 112 Å². The third kappa shape index (κ3) is 2.90. The molecule has 6 heteroatoms. The van der Waals surface area contributed by atoms with Crippen LogP contribution in [-0.2, 0) is 11.2 Å². The summed E-state index contributed by atoms with van der Waals surface area (Å²) in [6.07, 6.45) is 4.17. The second-order valence-electron chi connectivity index (χ2n) is 4.34. The molecule has 0 bridgehead atoms. The van der Waals surface area contributed by atoms with Crippen molar-refractivity contribution in [2.24, 2.45) is 0 Å². The van der Waals surface area contributed by atoms with Gasteiger partial charge in [0, 0.05) is 18.7 Å². The number of aromatic nitrogens is 2. The van der Waals surface area contributed by atoms with Gasteiger partial charge in [0.1, 0.15) is 17.3 Å². The lowest BCUT2D eigenvalue weighted by atomic mass is 10.1. The van der Waals surface area contributed by atoms with Gasteiger partial charge in [-0.05, 0) is 12.8 Å². The van der Waals surface area contributed by atoms with Crippen molar-refractivity contribution in [1.29, 1.82) is 0 Å². The Bertz CT molecular complexity index is 438. The van der Waals surface area contributed by atoms with Gasteiger partial charge in [0.2, 0.25) is 5.91 Å². The Hall–Kier alpha value is -1.36. The highest BCUT2D eigenvalue weighted by atomic mass is 35.5. The SMILES string of the molecule is CCCc1c(Cl)ncnc1N1CCCNC(=O)C1. The van der Waals surface area contributed by atoms with Gasteiger partial charge in [-0.1, -0.05) is 24.9 Å². The van der Waals surface area contributed by atoms with E-state index in [1.54, 1.807) is 0 Å². The van der Waals surface area contributed by atoms with Crippen LogP contribution in [0.1, 0.15) is 25.3 Å². The maximum Gasteiger partial charge on any atom is 0.239 e. The van der Waals surface area contributed by atoms with Gasteiger partial charge < -0.3 is 10.2 Å². The summed E-state index contributed by atoms with van der Waals surface area (Å²) in [5.41, 5.74) is 0.941. The van der Waals surface area contributed by atoms with E-state index in [0.717, 1.165) is 43.7 Å². The van der Waals surface area contributed by atoms with Crippen LogP contribution in [0.25, 0.3) is 0 Å². The summed E-state index contributed by atoms with van der Waals surface area (Å²) in [4.78, 5) is 21.9. The molecule has 1 saturated heterocycles. The van der Waals surface area contributed by atoms with Crippen molar-refractivity contribution in [1.82, 2.24) is 15.3 Å². The zero-order valence-electron chi connectivity index (χ0n) is 10.4. The Morgan fingerprint density at radius 3 is 3.11 bits per heavy atom. The number of carbonyl (C=O) groups is 1. The molecule has 1 amide bonds. The minimum Gasteiger partial charge on any atom is -0.354 e. The topological polar surface area (TPSA) is 58.1 Å². The molecule has 0 aliphatic carbocycles. The van der Waals surface area contributed by atoms with Crippen LogP contribution in [0, 0.1) is 0 Å². The molecule has 1 N–H and O–H groups in total. The lowest BCUT2D eigenvalue weighted by Gasteiger charge is -2.22. The average Bonchev–Trinajstić information content (AvgIpc) is 2.57. The van der Waals surface area contributed by atoms with Crippen molar-refractivity contribution in [3.63, 3.8) is 0 Å². The molecule has 1 aliphatic rings. The molecular formula is C12H17ClN4O. The number of nitrogens with one attached hydrogen (secondary N) is 1. The number of hydrogen-bond acceptors (Lipinski definition) is 4. The summed E-state index contributed by atoms with van der Waals surface area (Å²) in [7, 11) is 0. The van der Waals surface area contributed by atoms with Crippen LogP contribution in [-0.4, -0.2) is 35.5 Å². The van der Waals surface area contributed by atoms with E-state index in [4.69, 9.17) is 11.6 Å². The van der Waals surface area contributed by atoms with Gasteiger partial charge in [-0.2, -0.15) is 0 Å². The van der Waals surface area contributed by atoms with Gasteiger partial charge in [0.05, 0.1) is 6.54 Å². The van der Waals surface area contributed by atoms with Gasteiger partial charge in [0.15, 0.2) is 0 Å². The number of hydrogen-bond donors (Lipinski definition) is 1. The molecule has 0 aromatic carbocycles. The second-order valence-corrected chi connectivity index (χ2v) is 4.70. The van der Waals surface area contributed by atoms with Gasteiger partial charge in [0.25, 0.3) is 0 Å². The van der Waals surface area contributed by atoms with E-state index in [1.807, 2.05) is 4.90 Å². The summed E-state index contributed by atoms with van der Waals surface area (Å²) < 4.78 is 0. The molecule has 0 atom stereocenters. The fraction of sp³-hybridized carbons (Fsp3) is 0.583. The first-order chi connectivity index (χ1) is 8.72. The van der Waals surface area contributed by atoms with Gasteiger partial charge in [-0.25, -0.2) is 9.97 Å². The van der Waals surface area contributed by atoms with Crippen molar-refractivity contribution in [3.05, 3.63) is 17.0 Å². The van der Waals surface area contributed by atoms with E-state index < -0.39 is 0 Å². The fourth-order valence-corrected chi connectivity index (χ4v) is 2.33. The number of amides is 1. The second kappa shape index (κ2) is 6.00. The zero-order valence-corrected chi connectivity index (χ0v) is 11.2. The first-order valence-electron chi connectivity index (χ1n) is 6.23. The van der Waals surface area contributed by atoms with Crippen LogP contribution in [0.4, 0.5) is 5.82 Å². The molecule has 2 rings (SSSR count). The minimum absolute atomic E-state index is 0.0321. The summed E-state index contributed by atoms with van der Waals surface area (Å²) in [5.74, 6) is 0.832. The Balaban J connectivity index is 2.30. The van der Waals surface area contributed by atoms with Crippen LogP contribution in [0.2, 0.25) is 5.15 Å². The van der Waals surface area contributed by atoms with Crippen molar-refractivity contribution in [2.75, 3.05) is 24.5 Å². The summed E-state index contributed by atoms with van der Waals surface area (Å²) in [6, 6.07) is 0. The predicted molar refractivity (Wildman–Crippen MR) is 70.9 cm³/mol. The molecule has 1 fully saturated rings.